The molecule has 0 amide bonds. The second-order valence-electron chi connectivity index (χ2n) is 11.4. The first-order valence-electron chi connectivity index (χ1n) is 14.8. The molecule has 4 aromatic rings. The van der Waals surface area contributed by atoms with Gasteiger partial charge >= 0.3 is 0 Å². The van der Waals surface area contributed by atoms with Crippen LogP contribution in [0, 0.1) is 0 Å². The van der Waals surface area contributed by atoms with Crippen LogP contribution in [0.15, 0.2) is 121 Å². The van der Waals surface area contributed by atoms with Gasteiger partial charge < -0.3 is 10.2 Å². The summed E-state index contributed by atoms with van der Waals surface area (Å²) in [6.07, 6.45) is 4.02. The van der Waals surface area contributed by atoms with Crippen molar-refractivity contribution in [3.8, 4) is 0 Å². The Hall–Kier alpha value is -3.28. The summed E-state index contributed by atoms with van der Waals surface area (Å²) in [4.78, 5) is 4.97. The molecule has 2 fully saturated rings. The quantitative estimate of drug-likeness (QED) is 0.287. The van der Waals surface area contributed by atoms with Gasteiger partial charge in [-0.1, -0.05) is 121 Å². The Morgan fingerprint density at radius 3 is 1.02 bits per heavy atom. The minimum absolute atomic E-state index is 0.0134. The minimum Gasteiger partial charge on any atom is -0.379 e. The van der Waals surface area contributed by atoms with Crippen molar-refractivity contribution >= 4 is 0 Å². The second kappa shape index (κ2) is 11.7. The highest BCUT2D eigenvalue weighted by Crippen LogP contribution is 2.42. The van der Waals surface area contributed by atoms with Crippen molar-refractivity contribution in [1.82, 2.24) is 9.80 Å². The first-order chi connectivity index (χ1) is 19.6. The van der Waals surface area contributed by atoms with E-state index in [1.807, 2.05) is 72.8 Å². The lowest BCUT2D eigenvalue weighted by Gasteiger charge is -2.43. The average molecular weight is 533 g/mol. The number of hydrogen-bond acceptors (Lipinski definition) is 4. The Morgan fingerprint density at radius 2 is 0.750 bits per heavy atom. The summed E-state index contributed by atoms with van der Waals surface area (Å²) in [5.41, 5.74) is 1.61. The summed E-state index contributed by atoms with van der Waals surface area (Å²) in [6, 6.07) is 40.6. The third-order valence-corrected chi connectivity index (χ3v) is 9.22. The highest BCUT2D eigenvalue weighted by atomic mass is 16.3. The van der Waals surface area contributed by atoms with Gasteiger partial charge in [-0.15, -0.1) is 0 Å². The van der Waals surface area contributed by atoms with E-state index in [0.717, 1.165) is 74.1 Å². The van der Waals surface area contributed by atoms with Gasteiger partial charge in [-0.3, -0.25) is 9.80 Å². The van der Waals surface area contributed by atoms with Gasteiger partial charge in [-0.2, -0.15) is 0 Å². The zero-order valence-electron chi connectivity index (χ0n) is 23.1. The van der Waals surface area contributed by atoms with Crippen LogP contribution in [-0.2, 0) is 11.2 Å². The predicted molar refractivity (Wildman–Crippen MR) is 161 cm³/mol. The van der Waals surface area contributed by atoms with Gasteiger partial charge in [0.1, 0.15) is 11.2 Å². The lowest BCUT2D eigenvalue weighted by Crippen LogP contribution is -2.53. The average Bonchev–Trinajstić information content (AvgIpc) is 3.71. The molecule has 4 aromatic carbocycles. The van der Waals surface area contributed by atoms with Crippen molar-refractivity contribution in [2.75, 3.05) is 26.2 Å². The van der Waals surface area contributed by atoms with E-state index in [0.29, 0.717) is 0 Å². The number of likely N-dealkylation sites (tertiary alicyclic amines) is 2. The van der Waals surface area contributed by atoms with Crippen molar-refractivity contribution in [2.24, 2.45) is 0 Å². The van der Waals surface area contributed by atoms with Crippen LogP contribution in [0.5, 0.6) is 0 Å². The standard InChI is InChI=1S/C36H40N2O2/c39-35(29-15-5-1-6-16-29,30-17-7-2-8-18-30)33-23-13-25-37(33)27-28-38-26-14-24-34(38)36(40,31-19-9-3-10-20-31)32-21-11-4-12-22-32/h1-12,15-22,33-34,39-40H,13-14,23-28H2/t33-,34-/m0/s1. The number of benzene rings is 4. The summed E-state index contributed by atoms with van der Waals surface area (Å²) in [7, 11) is 0. The van der Waals surface area contributed by atoms with E-state index in [2.05, 4.69) is 58.3 Å². The number of aliphatic hydroxyl groups is 2. The SMILES string of the molecule is OC(c1ccccc1)(c1ccccc1)[C@@H]1CCCN1CCN1CCC[C@H]1C(O)(c1ccccc1)c1ccccc1. The van der Waals surface area contributed by atoms with E-state index in [1.54, 1.807) is 0 Å². The summed E-state index contributed by atoms with van der Waals surface area (Å²) < 4.78 is 0. The van der Waals surface area contributed by atoms with Crippen molar-refractivity contribution in [3.63, 3.8) is 0 Å². The van der Waals surface area contributed by atoms with Crippen molar-refractivity contribution in [3.05, 3.63) is 144 Å². The molecule has 0 saturated carbocycles. The van der Waals surface area contributed by atoms with Crippen LogP contribution in [0.1, 0.15) is 47.9 Å². The fourth-order valence-electron chi connectivity index (χ4n) is 7.26. The molecule has 4 nitrogen and oxygen atoms in total. The third kappa shape index (κ3) is 4.90. The highest BCUT2D eigenvalue weighted by Gasteiger charge is 2.47. The van der Waals surface area contributed by atoms with Crippen LogP contribution >= 0.6 is 0 Å². The molecular formula is C36H40N2O2. The van der Waals surface area contributed by atoms with E-state index in [1.165, 1.54) is 0 Å². The van der Waals surface area contributed by atoms with Gasteiger partial charge in [0.05, 0.1) is 0 Å². The van der Waals surface area contributed by atoms with Gasteiger partial charge in [0.25, 0.3) is 0 Å². The molecule has 0 spiro atoms. The number of rotatable bonds is 9. The van der Waals surface area contributed by atoms with Crippen molar-refractivity contribution in [1.29, 1.82) is 0 Å². The highest BCUT2D eigenvalue weighted by molar-refractivity contribution is 5.40. The summed E-state index contributed by atoms with van der Waals surface area (Å²) in [5.74, 6) is 0. The fraction of sp³-hybridized carbons (Fsp3) is 0.333. The van der Waals surface area contributed by atoms with Gasteiger partial charge in [-0.05, 0) is 61.0 Å². The first kappa shape index (κ1) is 26.9. The molecule has 0 unspecified atom stereocenters. The molecule has 2 aliphatic heterocycles. The zero-order chi connectivity index (χ0) is 27.4. The smallest absolute Gasteiger partial charge is 0.130 e. The van der Waals surface area contributed by atoms with E-state index in [4.69, 9.17) is 0 Å². The Labute approximate surface area is 238 Å². The maximum atomic E-state index is 12.5. The maximum absolute atomic E-state index is 12.5. The summed E-state index contributed by atoms with van der Waals surface area (Å²) >= 11 is 0. The zero-order valence-corrected chi connectivity index (χ0v) is 23.1. The molecular weight excluding hydrogens is 492 g/mol. The van der Waals surface area contributed by atoms with Crippen LogP contribution < -0.4 is 0 Å². The van der Waals surface area contributed by atoms with Crippen LogP contribution in [0.25, 0.3) is 0 Å². The molecule has 2 N–H and O–H groups in total. The van der Waals surface area contributed by atoms with Gasteiger partial charge in [0, 0.05) is 25.2 Å². The Bertz CT molecular complexity index is 1160. The first-order valence-corrected chi connectivity index (χ1v) is 14.8. The largest absolute Gasteiger partial charge is 0.379 e. The topological polar surface area (TPSA) is 46.9 Å². The maximum Gasteiger partial charge on any atom is 0.130 e. The predicted octanol–water partition coefficient (Wildman–Crippen LogP) is 5.79. The summed E-state index contributed by atoms with van der Waals surface area (Å²) in [5, 5.41) is 25.0. The third-order valence-electron chi connectivity index (χ3n) is 9.22. The van der Waals surface area contributed by atoms with Crippen molar-refractivity contribution in [2.45, 2.75) is 49.0 Å². The van der Waals surface area contributed by atoms with Gasteiger partial charge in [0.15, 0.2) is 0 Å². The lowest BCUT2D eigenvalue weighted by molar-refractivity contribution is -0.0217. The molecule has 2 atom stereocenters. The van der Waals surface area contributed by atoms with E-state index in [9.17, 15) is 10.2 Å². The molecule has 2 saturated heterocycles. The molecule has 6 rings (SSSR count). The molecule has 0 aromatic heterocycles. The van der Waals surface area contributed by atoms with Crippen LogP contribution in [-0.4, -0.2) is 58.3 Å². The minimum atomic E-state index is -1.09. The molecule has 40 heavy (non-hydrogen) atoms. The number of nitrogens with zero attached hydrogens (tertiary/aromatic N) is 2. The number of hydrogen-bond donors (Lipinski definition) is 2. The van der Waals surface area contributed by atoms with Gasteiger partial charge in [0.2, 0.25) is 0 Å². The molecule has 0 aliphatic carbocycles. The lowest BCUT2D eigenvalue weighted by atomic mass is 9.78. The van der Waals surface area contributed by atoms with Crippen LogP contribution in [0.3, 0.4) is 0 Å². The Kier molecular flexibility index (Phi) is 7.86. The molecule has 0 radical (unpaired) electrons. The fourth-order valence-corrected chi connectivity index (χ4v) is 7.26. The van der Waals surface area contributed by atoms with E-state index < -0.39 is 11.2 Å². The van der Waals surface area contributed by atoms with E-state index in [-0.39, 0.29) is 12.1 Å². The Morgan fingerprint density at radius 1 is 0.475 bits per heavy atom. The van der Waals surface area contributed by atoms with Crippen molar-refractivity contribution < 1.29 is 10.2 Å². The molecule has 2 heterocycles. The summed E-state index contributed by atoms with van der Waals surface area (Å²) in [6.45, 7) is 3.63. The normalized spacial score (nSPS) is 20.6. The molecule has 206 valence electrons. The Balaban J connectivity index is 1.27. The van der Waals surface area contributed by atoms with Crippen LogP contribution in [0.2, 0.25) is 0 Å². The van der Waals surface area contributed by atoms with E-state index >= 15 is 0 Å². The van der Waals surface area contributed by atoms with Gasteiger partial charge in [-0.25, -0.2) is 0 Å². The van der Waals surface area contributed by atoms with Crippen LogP contribution in [0.4, 0.5) is 0 Å². The second-order valence-corrected chi connectivity index (χ2v) is 11.4. The molecule has 4 heteroatoms. The molecule has 0 bridgehead atoms. The monoisotopic (exact) mass is 532 g/mol. The molecule has 2 aliphatic rings.